The highest BCUT2D eigenvalue weighted by Gasteiger charge is 2.19. The predicted molar refractivity (Wildman–Crippen MR) is 256 cm³/mol. The van der Waals surface area contributed by atoms with Crippen molar-refractivity contribution in [3.8, 4) is 0 Å². The van der Waals surface area contributed by atoms with Crippen molar-refractivity contribution >= 4 is 17.9 Å². The number of carbonyl (C=O) groups is 3. The maximum Gasteiger partial charge on any atom is 0.306 e. The molecule has 2 atom stereocenters. The van der Waals surface area contributed by atoms with Crippen LogP contribution in [0.15, 0.2) is 0 Å². The fourth-order valence-corrected chi connectivity index (χ4v) is 8.08. The van der Waals surface area contributed by atoms with Gasteiger partial charge in [-0.1, -0.05) is 253 Å². The number of hydrogen-bond donors (Lipinski definition) is 0. The SMILES string of the molecule is CCC(C)CCCCCCCCCCCCC(=O)OC[C@H](COC(=O)CCCCCCCCCCC(C)C)OC(=O)CCCCCCCCCCCCCCCCC(C)C. The second-order valence-corrected chi connectivity index (χ2v) is 19.7. The molecule has 0 saturated heterocycles. The van der Waals surface area contributed by atoms with Gasteiger partial charge in [0.25, 0.3) is 0 Å². The second-order valence-electron chi connectivity index (χ2n) is 19.7. The smallest absolute Gasteiger partial charge is 0.306 e. The van der Waals surface area contributed by atoms with Gasteiger partial charge >= 0.3 is 17.9 Å². The maximum atomic E-state index is 12.8. The largest absolute Gasteiger partial charge is 0.462 e. The molecule has 0 amide bonds. The van der Waals surface area contributed by atoms with E-state index in [2.05, 4.69) is 41.5 Å². The first kappa shape index (κ1) is 58.4. The van der Waals surface area contributed by atoms with E-state index in [1.165, 1.54) is 173 Å². The zero-order chi connectivity index (χ0) is 44.2. The lowest BCUT2D eigenvalue weighted by Crippen LogP contribution is -2.30. The first-order valence-corrected chi connectivity index (χ1v) is 26.6. The molecular formula is C54H104O6. The molecule has 1 unspecified atom stereocenters. The summed E-state index contributed by atoms with van der Waals surface area (Å²) < 4.78 is 16.8. The molecule has 356 valence electrons. The van der Waals surface area contributed by atoms with Crippen LogP contribution in [0.25, 0.3) is 0 Å². The monoisotopic (exact) mass is 849 g/mol. The molecule has 0 aromatic heterocycles. The molecule has 0 aliphatic heterocycles. The highest BCUT2D eigenvalue weighted by Crippen LogP contribution is 2.18. The minimum absolute atomic E-state index is 0.0648. The molecule has 0 fully saturated rings. The van der Waals surface area contributed by atoms with Gasteiger partial charge < -0.3 is 14.2 Å². The summed E-state index contributed by atoms with van der Waals surface area (Å²) in [5.74, 6) is 1.66. The lowest BCUT2D eigenvalue weighted by molar-refractivity contribution is -0.167. The summed E-state index contributed by atoms with van der Waals surface area (Å²) in [4.78, 5) is 38.0. The Labute approximate surface area is 374 Å². The van der Waals surface area contributed by atoms with E-state index in [-0.39, 0.29) is 31.1 Å². The molecule has 0 bridgehead atoms. The van der Waals surface area contributed by atoms with Crippen molar-refractivity contribution in [1.29, 1.82) is 0 Å². The first-order chi connectivity index (χ1) is 29.1. The Morgan fingerprint density at radius 2 is 0.583 bits per heavy atom. The zero-order valence-electron chi connectivity index (χ0n) is 41.3. The topological polar surface area (TPSA) is 78.9 Å². The summed E-state index contributed by atoms with van der Waals surface area (Å²) in [7, 11) is 0. The van der Waals surface area contributed by atoms with Gasteiger partial charge in [-0.15, -0.1) is 0 Å². The summed E-state index contributed by atoms with van der Waals surface area (Å²) in [5, 5.41) is 0. The Hall–Kier alpha value is -1.59. The first-order valence-electron chi connectivity index (χ1n) is 26.6. The minimum Gasteiger partial charge on any atom is -0.462 e. The lowest BCUT2D eigenvalue weighted by Gasteiger charge is -2.18. The van der Waals surface area contributed by atoms with E-state index in [0.29, 0.717) is 19.3 Å². The van der Waals surface area contributed by atoms with Gasteiger partial charge in [-0.25, -0.2) is 0 Å². The van der Waals surface area contributed by atoms with Crippen molar-refractivity contribution in [3.63, 3.8) is 0 Å². The number of hydrogen-bond acceptors (Lipinski definition) is 6. The highest BCUT2D eigenvalue weighted by molar-refractivity contribution is 5.71. The normalized spacial score (nSPS) is 12.6. The van der Waals surface area contributed by atoms with Crippen LogP contribution in [0.2, 0.25) is 0 Å². The predicted octanol–water partition coefficient (Wildman–Crippen LogP) is 17.2. The third kappa shape index (κ3) is 45.9. The summed E-state index contributed by atoms with van der Waals surface area (Å²) in [6.45, 7) is 13.7. The van der Waals surface area contributed by atoms with Crippen molar-refractivity contribution in [2.45, 2.75) is 298 Å². The minimum atomic E-state index is -0.763. The van der Waals surface area contributed by atoms with Crippen molar-refractivity contribution in [2.75, 3.05) is 13.2 Å². The molecule has 0 aromatic carbocycles. The molecule has 0 saturated carbocycles. The fourth-order valence-electron chi connectivity index (χ4n) is 8.08. The number of esters is 3. The third-order valence-corrected chi connectivity index (χ3v) is 12.5. The van der Waals surface area contributed by atoms with Crippen molar-refractivity contribution in [2.24, 2.45) is 17.8 Å². The zero-order valence-corrected chi connectivity index (χ0v) is 41.3. The summed E-state index contributed by atoms with van der Waals surface area (Å²) in [6.07, 6.45) is 45.2. The van der Waals surface area contributed by atoms with Crippen LogP contribution in [0.5, 0.6) is 0 Å². The summed E-state index contributed by atoms with van der Waals surface area (Å²) in [6, 6.07) is 0. The van der Waals surface area contributed by atoms with Crippen LogP contribution in [0.3, 0.4) is 0 Å². The van der Waals surface area contributed by atoms with Gasteiger partial charge in [0.2, 0.25) is 0 Å². The Morgan fingerprint density at radius 1 is 0.333 bits per heavy atom. The third-order valence-electron chi connectivity index (χ3n) is 12.5. The Kier molecular flexibility index (Phi) is 44.2. The van der Waals surface area contributed by atoms with Crippen LogP contribution < -0.4 is 0 Å². The second kappa shape index (κ2) is 45.4. The molecular weight excluding hydrogens is 745 g/mol. The van der Waals surface area contributed by atoms with Gasteiger partial charge in [0.1, 0.15) is 13.2 Å². The van der Waals surface area contributed by atoms with Crippen molar-refractivity contribution < 1.29 is 28.6 Å². The fraction of sp³-hybridized carbons (Fsp3) is 0.944. The highest BCUT2D eigenvalue weighted by atomic mass is 16.6. The molecule has 0 heterocycles. The van der Waals surface area contributed by atoms with Crippen LogP contribution in [-0.2, 0) is 28.6 Å². The Morgan fingerprint density at radius 3 is 0.867 bits per heavy atom. The molecule has 0 rings (SSSR count). The van der Waals surface area contributed by atoms with Crippen molar-refractivity contribution in [1.82, 2.24) is 0 Å². The van der Waals surface area contributed by atoms with Crippen molar-refractivity contribution in [3.05, 3.63) is 0 Å². The van der Waals surface area contributed by atoms with Crippen LogP contribution >= 0.6 is 0 Å². The van der Waals surface area contributed by atoms with E-state index in [1.807, 2.05) is 0 Å². The molecule has 0 aliphatic rings. The van der Waals surface area contributed by atoms with Crippen LogP contribution in [0.4, 0.5) is 0 Å². The standard InChI is InChI=1S/C54H104O6/c1-7-50(6)42-36-30-24-17-14-15-18-25-31-37-43-52(55)58-46-51(47-59-53(56)44-38-32-26-21-20-23-29-35-41-49(4)5)60-54(57)45-39-33-27-19-13-11-9-8-10-12-16-22-28-34-40-48(2)3/h48-51H,7-47H2,1-6H3/t50?,51-/m1/s1. The van der Waals surface area contributed by atoms with Gasteiger partial charge in [0.15, 0.2) is 6.10 Å². The molecule has 0 N–H and O–H groups in total. The van der Waals surface area contributed by atoms with E-state index in [9.17, 15) is 14.4 Å². The summed E-state index contributed by atoms with van der Waals surface area (Å²) >= 11 is 0. The average Bonchev–Trinajstić information content (AvgIpc) is 3.22. The van der Waals surface area contributed by atoms with Crippen LogP contribution in [-0.4, -0.2) is 37.2 Å². The lowest BCUT2D eigenvalue weighted by atomic mass is 9.99. The van der Waals surface area contributed by atoms with Gasteiger partial charge in [0, 0.05) is 19.3 Å². The van der Waals surface area contributed by atoms with E-state index in [1.54, 1.807) is 0 Å². The van der Waals surface area contributed by atoms with Gasteiger partial charge in [-0.05, 0) is 37.0 Å². The van der Waals surface area contributed by atoms with Crippen LogP contribution in [0, 0.1) is 17.8 Å². The van der Waals surface area contributed by atoms with E-state index < -0.39 is 6.10 Å². The van der Waals surface area contributed by atoms with Gasteiger partial charge in [-0.3, -0.25) is 14.4 Å². The molecule has 0 radical (unpaired) electrons. The number of unbranched alkanes of at least 4 members (excludes halogenated alkanes) is 29. The van der Waals surface area contributed by atoms with Gasteiger partial charge in [0.05, 0.1) is 0 Å². The quantitative estimate of drug-likeness (QED) is 0.0345. The Bertz CT molecular complexity index is 931. The molecule has 0 aliphatic carbocycles. The molecule has 0 aromatic rings. The Balaban J connectivity index is 4.31. The number of carbonyl (C=O) groups excluding carboxylic acids is 3. The number of rotatable bonds is 47. The molecule has 0 spiro atoms. The van der Waals surface area contributed by atoms with Gasteiger partial charge in [-0.2, -0.15) is 0 Å². The molecule has 60 heavy (non-hydrogen) atoms. The number of ether oxygens (including phenoxy) is 3. The van der Waals surface area contributed by atoms with E-state index >= 15 is 0 Å². The van der Waals surface area contributed by atoms with E-state index in [4.69, 9.17) is 14.2 Å². The van der Waals surface area contributed by atoms with Crippen LogP contribution in [0.1, 0.15) is 292 Å². The maximum absolute atomic E-state index is 12.8. The summed E-state index contributed by atoms with van der Waals surface area (Å²) in [5.41, 5.74) is 0. The molecule has 6 heteroatoms. The van der Waals surface area contributed by atoms with E-state index in [0.717, 1.165) is 75.5 Å². The average molecular weight is 849 g/mol. The molecule has 6 nitrogen and oxygen atoms in total.